The van der Waals surface area contributed by atoms with Gasteiger partial charge in [0.05, 0.1) is 42.3 Å². The van der Waals surface area contributed by atoms with Crippen LogP contribution in [0.5, 0.6) is 11.5 Å². The lowest BCUT2D eigenvalue weighted by Crippen LogP contribution is -2.40. The van der Waals surface area contributed by atoms with Gasteiger partial charge in [-0.05, 0) is 62.7 Å². The number of thiazole rings is 1. The molecule has 9 heteroatoms. The van der Waals surface area contributed by atoms with E-state index in [9.17, 15) is 9.59 Å². The van der Waals surface area contributed by atoms with Crippen LogP contribution in [0.25, 0.3) is 28.2 Å². The molecule has 1 aliphatic rings. The average molecular weight is 594 g/mol. The number of ether oxygens (including phenoxy) is 3. The van der Waals surface area contributed by atoms with Crippen LogP contribution in [0.3, 0.4) is 0 Å². The van der Waals surface area contributed by atoms with Crippen molar-refractivity contribution >= 4 is 34.3 Å². The molecule has 6 rings (SSSR count). The van der Waals surface area contributed by atoms with Gasteiger partial charge in [-0.15, -0.1) is 0 Å². The Labute approximate surface area is 252 Å². The molecule has 0 bridgehead atoms. The predicted molar refractivity (Wildman–Crippen MR) is 168 cm³/mol. The zero-order valence-electron chi connectivity index (χ0n) is 24.6. The van der Waals surface area contributed by atoms with Crippen LogP contribution < -0.4 is 24.4 Å². The molecular formula is C34H31N3O5S. The monoisotopic (exact) mass is 593 g/mol. The third-order valence-corrected chi connectivity index (χ3v) is 8.56. The molecule has 0 saturated carbocycles. The van der Waals surface area contributed by atoms with E-state index in [-0.39, 0.29) is 17.7 Å². The summed E-state index contributed by atoms with van der Waals surface area (Å²) >= 11 is 1.29. The fourth-order valence-corrected chi connectivity index (χ4v) is 6.61. The van der Waals surface area contributed by atoms with E-state index >= 15 is 0 Å². The molecule has 8 nitrogen and oxygen atoms in total. The highest BCUT2D eigenvalue weighted by atomic mass is 32.1. The van der Waals surface area contributed by atoms with E-state index in [1.807, 2.05) is 43.3 Å². The second-order valence-electron chi connectivity index (χ2n) is 10.2. The summed E-state index contributed by atoms with van der Waals surface area (Å²) in [6.45, 7) is 5.74. The smallest absolute Gasteiger partial charge is 0.338 e. The highest BCUT2D eigenvalue weighted by Gasteiger charge is 2.35. The standard InChI is InChI=1S/C34H31N3O5S/c1-6-42-33(39)29-20(3)35-34-37(31(29)25-17-22(40-4)13-15-27(25)41-5)32(38)28(43-34)18-24-23-16-19(2)12-14-26(23)36-30(24)21-10-8-7-9-11-21/h7-18,31,36H,6H2,1-5H3/b28-18+/t31-/m0/s1. The molecule has 0 saturated heterocycles. The van der Waals surface area contributed by atoms with Crippen LogP contribution in [0, 0.1) is 6.92 Å². The maximum absolute atomic E-state index is 14.4. The van der Waals surface area contributed by atoms with Gasteiger partial charge in [0, 0.05) is 22.0 Å². The van der Waals surface area contributed by atoms with Crippen molar-refractivity contribution in [1.29, 1.82) is 0 Å². The van der Waals surface area contributed by atoms with Gasteiger partial charge in [-0.2, -0.15) is 0 Å². The summed E-state index contributed by atoms with van der Waals surface area (Å²) in [6, 6.07) is 20.8. The molecule has 1 aliphatic heterocycles. The minimum absolute atomic E-state index is 0.185. The van der Waals surface area contributed by atoms with Crippen LogP contribution in [0.4, 0.5) is 0 Å². The molecule has 0 spiro atoms. The first-order valence-corrected chi connectivity index (χ1v) is 14.8. The van der Waals surface area contributed by atoms with Gasteiger partial charge in [-0.1, -0.05) is 53.3 Å². The first-order valence-electron chi connectivity index (χ1n) is 13.9. The lowest BCUT2D eigenvalue weighted by atomic mass is 9.94. The van der Waals surface area contributed by atoms with Crippen LogP contribution >= 0.6 is 11.3 Å². The van der Waals surface area contributed by atoms with Gasteiger partial charge in [-0.25, -0.2) is 9.79 Å². The number of aromatic amines is 1. The molecule has 0 aliphatic carbocycles. The van der Waals surface area contributed by atoms with E-state index in [0.717, 1.165) is 33.3 Å². The third-order valence-electron chi connectivity index (χ3n) is 7.58. The van der Waals surface area contributed by atoms with Gasteiger partial charge in [0.25, 0.3) is 5.56 Å². The Morgan fingerprint density at radius 3 is 2.56 bits per heavy atom. The maximum atomic E-state index is 14.4. The molecule has 1 atom stereocenters. The topological polar surface area (TPSA) is 94.9 Å². The van der Waals surface area contributed by atoms with Crippen molar-refractivity contribution in [2.24, 2.45) is 4.99 Å². The first kappa shape index (κ1) is 28.2. The van der Waals surface area contributed by atoms with Gasteiger partial charge in [0.15, 0.2) is 4.80 Å². The number of aromatic nitrogens is 2. The van der Waals surface area contributed by atoms with Crippen molar-refractivity contribution in [3.05, 3.63) is 114 Å². The highest BCUT2D eigenvalue weighted by molar-refractivity contribution is 7.07. The lowest BCUT2D eigenvalue weighted by molar-refractivity contribution is -0.139. The van der Waals surface area contributed by atoms with E-state index in [1.54, 1.807) is 50.8 Å². The number of hydrogen-bond acceptors (Lipinski definition) is 7. The zero-order valence-corrected chi connectivity index (χ0v) is 25.4. The molecule has 5 aromatic rings. The van der Waals surface area contributed by atoms with Crippen LogP contribution in [-0.4, -0.2) is 36.3 Å². The number of fused-ring (bicyclic) bond motifs is 2. The summed E-state index contributed by atoms with van der Waals surface area (Å²) in [5.41, 5.74) is 6.01. The van der Waals surface area contributed by atoms with Gasteiger partial charge in [0.1, 0.15) is 17.5 Å². The zero-order chi connectivity index (χ0) is 30.2. The molecule has 0 amide bonds. The number of benzene rings is 3. The predicted octanol–water partition coefficient (Wildman–Crippen LogP) is 5.27. The molecule has 218 valence electrons. The average Bonchev–Trinajstić information content (AvgIpc) is 3.52. The molecule has 1 N–H and O–H groups in total. The number of rotatable bonds is 7. The number of nitrogens with zero attached hydrogens (tertiary/aromatic N) is 2. The maximum Gasteiger partial charge on any atom is 0.338 e. The number of esters is 1. The number of carbonyl (C=O) groups is 1. The quantitative estimate of drug-likeness (QED) is 0.260. The SMILES string of the molecule is CCOC(=O)C1=C(C)N=c2s/c(=C/c3c(-c4ccccc4)[nH]c4ccc(C)cc34)c(=O)n2[C@H]1c1cc(OC)ccc1OC. The second kappa shape index (κ2) is 11.4. The van der Waals surface area contributed by atoms with Crippen molar-refractivity contribution in [3.63, 3.8) is 0 Å². The Morgan fingerprint density at radius 1 is 1.05 bits per heavy atom. The van der Waals surface area contributed by atoms with E-state index in [4.69, 9.17) is 19.2 Å². The number of carbonyl (C=O) groups excluding carboxylic acids is 1. The fourth-order valence-electron chi connectivity index (χ4n) is 5.58. The Morgan fingerprint density at radius 2 is 1.84 bits per heavy atom. The lowest BCUT2D eigenvalue weighted by Gasteiger charge is -2.26. The van der Waals surface area contributed by atoms with Crippen molar-refractivity contribution < 1.29 is 19.0 Å². The summed E-state index contributed by atoms with van der Waals surface area (Å²) in [5.74, 6) is 0.541. The molecule has 0 unspecified atom stereocenters. The molecule has 2 aromatic heterocycles. The first-order chi connectivity index (χ1) is 20.8. The number of hydrogen-bond donors (Lipinski definition) is 1. The van der Waals surface area contributed by atoms with Crippen LogP contribution in [0.2, 0.25) is 0 Å². The Balaban J connectivity index is 1.65. The molecule has 0 fully saturated rings. The van der Waals surface area contributed by atoms with Gasteiger partial charge in [-0.3, -0.25) is 9.36 Å². The summed E-state index contributed by atoms with van der Waals surface area (Å²) < 4.78 is 18.7. The van der Waals surface area contributed by atoms with Gasteiger partial charge >= 0.3 is 5.97 Å². The second-order valence-corrected chi connectivity index (χ2v) is 11.2. The molecular weight excluding hydrogens is 562 g/mol. The Hall–Kier alpha value is -4.89. The van der Waals surface area contributed by atoms with Crippen LogP contribution in [0.1, 0.15) is 36.6 Å². The van der Waals surface area contributed by atoms with Crippen LogP contribution in [0.15, 0.2) is 87.8 Å². The van der Waals surface area contributed by atoms with Crippen molar-refractivity contribution in [2.75, 3.05) is 20.8 Å². The normalized spacial score (nSPS) is 14.9. The highest BCUT2D eigenvalue weighted by Crippen LogP contribution is 2.38. The summed E-state index contributed by atoms with van der Waals surface area (Å²) in [7, 11) is 3.12. The minimum atomic E-state index is -0.832. The van der Waals surface area contributed by atoms with Crippen LogP contribution in [-0.2, 0) is 9.53 Å². The van der Waals surface area contributed by atoms with E-state index in [0.29, 0.717) is 32.1 Å². The molecule has 3 heterocycles. The minimum Gasteiger partial charge on any atom is -0.497 e. The van der Waals surface area contributed by atoms with E-state index in [1.165, 1.54) is 11.3 Å². The Kier molecular flexibility index (Phi) is 7.50. The summed E-state index contributed by atoms with van der Waals surface area (Å²) in [4.78, 5) is 36.5. The largest absolute Gasteiger partial charge is 0.497 e. The van der Waals surface area contributed by atoms with E-state index in [2.05, 4.69) is 23.2 Å². The Bertz CT molecular complexity index is 2090. The number of H-pyrrole nitrogens is 1. The van der Waals surface area contributed by atoms with E-state index < -0.39 is 12.0 Å². The third kappa shape index (κ3) is 4.95. The number of allylic oxidation sites excluding steroid dienone is 1. The molecule has 3 aromatic carbocycles. The number of nitrogens with one attached hydrogen (secondary N) is 1. The van der Waals surface area contributed by atoms with Crippen molar-refractivity contribution in [2.45, 2.75) is 26.8 Å². The number of methoxy groups -OCH3 is 2. The van der Waals surface area contributed by atoms with Crippen molar-refractivity contribution in [1.82, 2.24) is 9.55 Å². The molecule has 0 radical (unpaired) electrons. The fraction of sp³-hybridized carbons (Fsp3) is 0.206. The van der Waals surface area contributed by atoms with Gasteiger partial charge in [0.2, 0.25) is 0 Å². The molecule has 43 heavy (non-hydrogen) atoms. The summed E-state index contributed by atoms with van der Waals surface area (Å²) in [6.07, 6.45) is 1.92. The summed E-state index contributed by atoms with van der Waals surface area (Å²) in [5, 5.41) is 1.01. The van der Waals surface area contributed by atoms with Crippen molar-refractivity contribution in [3.8, 4) is 22.8 Å². The van der Waals surface area contributed by atoms with Gasteiger partial charge < -0.3 is 19.2 Å². The number of aryl methyl sites for hydroxylation is 1.